The molecule has 0 spiro atoms. The van der Waals surface area contributed by atoms with Crippen LogP contribution in [0.4, 0.5) is 0 Å². The van der Waals surface area contributed by atoms with Gasteiger partial charge in [-0.1, -0.05) is 48.6 Å². The molecular weight excluding hydrogens is 374 g/mol. The number of benzene rings is 2. The van der Waals surface area contributed by atoms with Crippen LogP contribution in [0, 0.1) is 0 Å². The summed E-state index contributed by atoms with van der Waals surface area (Å²) in [5.41, 5.74) is 0.380. The zero-order chi connectivity index (χ0) is 16.4. The quantitative estimate of drug-likeness (QED) is 0.469. The van der Waals surface area contributed by atoms with Crippen molar-refractivity contribution in [3.8, 4) is 0 Å². The largest absolute Gasteiger partial charge is 0.295 e. The third-order valence-corrected chi connectivity index (χ3v) is 4.69. The van der Waals surface area contributed by atoms with Gasteiger partial charge in [0.15, 0.2) is 0 Å². The van der Waals surface area contributed by atoms with Crippen molar-refractivity contribution in [1.82, 2.24) is 0 Å². The number of rotatable bonds is 4. The predicted molar refractivity (Wildman–Crippen MR) is 92.9 cm³/mol. The van der Waals surface area contributed by atoms with E-state index in [0.717, 1.165) is 0 Å². The van der Waals surface area contributed by atoms with Crippen LogP contribution in [-0.2, 0) is 20.2 Å². The van der Waals surface area contributed by atoms with E-state index in [9.17, 15) is 16.8 Å². The molecule has 0 amide bonds. The van der Waals surface area contributed by atoms with Gasteiger partial charge in [-0.25, -0.2) is 0 Å². The van der Waals surface area contributed by atoms with Gasteiger partial charge in [-0.3, -0.25) is 9.11 Å². The molecule has 0 bridgehead atoms. The molecule has 0 fully saturated rings. The van der Waals surface area contributed by atoms with Gasteiger partial charge in [0.25, 0.3) is 20.2 Å². The molecule has 6 nitrogen and oxygen atoms in total. The first-order valence-electron chi connectivity index (χ1n) is 6.01. The Morgan fingerprint density at radius 2 is 0.917 bits per heavy atom. The van der Waals surface area contributed by atoms with Crippen LogP contribution in [0.5, 0.6) is 0 Å². The average molecular weight is 386 g/mol. The SMILES string of the molecule is O=S(=O)(O)c1ccccc1C=Cc1ccccc1S(=O)(=O)O.[Na].[Na]. The molecule has 0 aliphatic rings. The molecule has 2 N–H and O–H groups in total. The maximum absolute atomic E-state index is 11.3. The molecule has 0 saturated heterocycles. The topological polar surface area (TPSA) is 109 Å². The van der Waals surface area contributed by atoms with Crippen LogP contribution in [0.3, 0.4) is 0 Å². The second-order valence-corrected chi connectivity index (χ2v) is 7.14. The van der Waals surface area contributed by atoms with Crippen molar-refractivity contribution in [1.29, 1.82) is 0 Å². The fourth-order valence-electron chi connectivity index (χ4n) is 1.89. The van der Waals surface area contributed by atoms with Gasteiger partial charge in [0.2, 0.25) is 0 Å². The van der Waals surface area contributed by atoms with E-state index in [2.05, 4.69) is 0 Å². The van der Waals surface area contributed by atoms with Crippen LogP contribution in [0.1, 0.15) is 11.1 Å². The van der Waals surface area contributed by atoms with Crippen LogP contribution in [0.15, 0.2) is 58.3 Å². The van der Waals surface area contributed by atoms with E-state index in [1.165, 1.54) is 48.6 Å². The molecule has 2 rings (SSSR count). The summed E-state index contributed by atoms with van der Waals surface area (Å²) in [7, 11) is -8.79. The van der Waals surface area contributed by atoms with Gasteiger partial charge in [0.1, 0.15) is 9.79 Å². The van der Waals surface area contributed by atoms with E-state index >= 15 is 0 Å². The van der Waals surface area contributed by atoms with Crippen LogP contribution in [0.25, 0.3) is 12.2 Å². The van der Waals surface area contributed by atoms with E-state index < -0.39 is 20.2 Å². The van der Waals surface area contributed by atoms with Crippen LogP contribution in [0.2, 0.25) is 0 Å². The van der Waals surface area contributed by atoms with Crippen molar-refractivity contribution in [3.63, 3.8) is 0 Å². The number of hydrogen-bond donors (Lipinski definition) is 2. The smallest absolute Gasteiger partial charge is 0.282 e. The minimum Gasteiger partial charge on any atom is -0.282 e. The van der Waals surface area contributed by atoms with Crippen LogP contribution < -0.4 is 0 Å². The predicted octanol–water partition coefficient (Wildman–Crippen LogP) is 1.59. The summed E-state index contributed by atoms with van der Waals surface area (Å²) < 4.78 is 63.4. The average Bonchev–Trinajstić information content (AvgIpc) is 2.44. The molecular formula is C14H12Na2O6S2. The first-order chi connectivity index (χ1) is 10.2. The minimum absolute atomic E-state index is 0. The van der Waals surface area contributed by atoms with Crippen LogP contribution >= 0.6 is 0 Å². The van der Waals surface area contributed by atoms with Crippen molar-refractivity contribution in [3.05, 3.63) is 59.7 Å². The Kier molecular flexibility index (Phi) is 9.63. The summed E-state index contributed by atoms with van der Waals surface area (Å²) >= 11 is 0. The standard InChI is InChI=1S/C14H12O6S2.2Na/c15-21(16,17)13-7-3-1-5-11(13)9-10-12-6-2-4-8-14(12)22(18,19)20;;/h1-10H,(H,15,16,17)(H,18,19,20);;. The van der Waals surface area contributed by atoms with Crippen molar-refractivity contribution in [2.45, 2.75) is 9.79 Å². The third kappa shape index (κ3) is 6.38. The van der Waals surface area contributed by atoms with Gasteiger partial charge < -0.3 is 0 Å². The Morgan fingerprint density at radius 1 is 0.625 bits per heavy atom. The molecule has 118 valence electrons. The molecule has 0 aliphatic carbocycles. The minimum atomic E-state index is -4.40. The van der Waals surface area contributed by atoms with Crippen LogP contribution in [-0.4, -0.2) is 85.1 Å². The monoisotopic (exact) mass is 386 g/mol. The summed E-state index contributed by atoms with van der Waals surface area (Å²) in [5, 5.41) is 0. The first-order valence-corrected chi connectivity index (χ1v) is 8.89. The van der Waals surface area contributed by atoms with E-state index in [4.69, 9.17) is 9.11 Å². The Bertz CT molecular complexity index is 860. The summed E-state index contributed by atoms with van der Waals surface area (Å²) in [5.74, 6) is 0. The van der Waals surface area contributed by atoms with E-state index in [0.29, 0.717) is 0 Å². The molecule has 2 aromatic rings. The normalized spacial score (nSPS) is 11.6. The summed E-state index contributed by atoms with van der Waals surface area (Å²) in [4.78, 5) is -0.592. The fraction of sp³-hybridized carbons (Fsp3) is 0. The van der Waals surface area contributed by atoms with E-state index in [1.54, 1.807) is 12.1 Å². The summed E-state index contributed by atoms with van der Waals surface area (Å²) in [6.07, 6.45) is 2.68. The number of hydrogen-bond acceptors (Lipinski definition) is 4. The molecule has 0 heterocycles. The molecule has 24 heavy (non-hydrogen) atoms. The summed E-state index contributed by atoms with van der Waals surface area (Å²) in [6, 6.07) is 11.4. The van der Waals surface area contributed by atoms with Gasteiger partial charge in [0, 0.05) is 59.1 Å². The van der Waals surface area contributed by atoms with Gasteiger partial charge >= 0.3 is 0 Å². The molecule has 0 atom stereocenters. The molecule has 10 heteroatoms. The molecule has 0 unspecified atom stereocenters. The van der Waals surface area contributed by atoms with Gasteiger partial charge in [-0.05, 0) is 23.3 Å². The molecule has 0 aromatic heterocycles. The molecule has 0 aliphatic heterocycles. The third-order valence-electron chi connectivity index (χ3n) is 2.84. The fourth-order valence-corrected chi connectivity index (χ4v) is 3.25. The van der Waals surface area contributed by atoms with Crippen molar-refractivity contribution in [2.75, 3.05) is 0 Å². The summed E-state index contributed by atoms with van der Waals surface area (Å²) in [6.45, 7) is 0. The van der Waals surface area contributed by atoms with Gasteiger partial charge in [-0.2, -0.15) is 16.8 Å². The second-order valence-electron chi connectivity index (χ2n) is 4.36. The molecule has 2 radical (unpaired) electrons. The zero-order valence-electron chi connectivity index (χ0n) is 13.1. The first kappa shape index (κ1) is 24.0. The maximum atomic E-state index is 11.3. The maximum Gasteiger partial charge on any atom is 0.295 e. The zero-order valence-corrected chi connectivity index (χ0v) is 18.8. The molecule has 2 aromatic carbocycles. The van der Waals surface area contributed by atoms with Gasteiger partial charge in [0.05, 0.1) is 0 Å². The Morgan fingerprint density at radius 3 is 1.21 bits per heavy atom. The Labute approximate surface area is 185 Å². The van der Waals surface area contributed by atoms with Crippen molar-refractivity contribution >= 4 is 91.5 Å². The Hall–Kier alpha value is 0.000000000000000888. The second kappa shape index (κ2) is 9.63. The van der Waals surface area contributed by atoms with Crippen molar-refractivity contribution < 1.29 is 25.9 Å². The molecule has 0 saturated carbocycles. The van der Waals surface area contributed by atoms with Gasteiger partial charge in [-0.15, -0.1) is 0 Å². The Balaban J connectivity index is 0.00000264. The van der Waals surface area contributed by atoms with E-state index in [-0.39, 0.29) is 80.0 Å². The van der Waals surface area contributed by atoms with Crippen molar-refractivity contribution in [2.24, 2.45) is 0 Å². The van der Waals surface area contributed by atoms with E-state index in [1.807, 2.05) is 0 Å².